The maximum absolute atomic E-state index is 13.1. The van der Waals surface area contributed by atoms with Gasteiger partial charge in [-0.1, -0.05) is 34.2 Å². The molecule has 1 aromatic carbocycles. The molecule has 2 atom stereocenters. The maximum Gasteiger partial charge on any atom is 0.272 e. The van der Waals surface area contributed by atoms with Gasteiger partial charge in [-0.05, 0) is 42.1 Å². The molecule has 2 fully saturated rings. The molecule has 17 nitrogen and oxygen atoms in total. The third-order valence-electron chi connectivity index (χ3n) is 6.79. The molecule has 1 spiro atoms. The molecule has 9 N–H and O–H groups in total. The summed E-state index contributed by atoms with van der Waals surface area (Å²) in [5.41, 5.74) is 0.812. The Morgan fingerprint density at radius 1 is 1.18 bits per heavy atom. The highest BCUT2D eigenvalue weighted by atomic mass is 35.5. The van der Waals surface area contributed by atoms with Crippen molar-refractivity contribution in [1.29, 1.82) is 0 Å². The Morgan fingerprint density at radius 2 is 1.90 bits per heavy atom. The van der Waals surface area contributed by atoms with E-state index in [1.807, 2.05) is 4.90 Å². The summed E-state index contributed by atoms with van der Waals surface area (Å²) in [5, 5.41) is 26.8. The monoisotopic (exact) mass is 560 g/mol. The summed E-state index contributed by atoms with van der Waals surface area (Å²) in [6.07, 6.45) is 0.434. The molecule has 2 saturated heterocycles. The topological polar surface area (TPSA) is 246 Å². The number of aliphatic imine (C=N–C) groups is 1. The highest BCUT2D eigenvalue weighted by Gasteiger charge is 2.46. The van der Waals surface area contributed by atoms with Crippen LogP contribution in [0.4, 0.5) is 5.69 Å². The first-order chi connectivity index (χ1) is 18.8. The molecular formula is C21H29ClN14O3. The Bertz CT molecular complexity index is 1210. The van der Waals surface area contributed by atoms with E-state index in [2.05, 4.69) is 46.8 Å². The van der Waals surface area contributed by atoms with Crippen LogP contribution in [-0.2, 0) is 16.0 Å². The molecule has 3 heterocycles. The third-order valence-corrected chi connectivity index (χ3v) is 7.05. The number of likely N-dealkylation sites (tertiary alicyclic amines) is 1. The van der Waals surface area contributed by atoms with Gasteiger partial charge in [0.05, 0.1) is 0 Å². The number of piperidine rings is 1. The number of nitrogens with one attached hydrogen (secondary N) is 3. The fourth-order valence-electron chi connectivity index (χ4n) is 4.73. The first kappa shape index (κ1) is 28.0. The summed E-state index contributed by atoms with van der Waals surface area (Å²) < 4.78 is 0. The van der Waals surface area contributed by atoms with Crippen LogP contribution in [0, 0.1) is 4.91 Å². The summed E-state index contributed by atoms with van der Waals surface area (Å²) >= 11 is 6.08. The van der Waals surface area contributed by atoms with E-state index in [1.165, 1.54) is 5.01 Å². The molecule has 39 heavy (non-hydrogen) atoms. The Labute approximate surface area is 227 Å². The molecule has 3 aliphatic heterocycles. The first-order valence-corrected chi connectivity index (χ1v) is 12.4. The zero-order valence-corrected chi connectivity index (χ0v) is 21.6. The Hall–Kier alpha value is -4.06. The number of nitrogens with zero attached hydrogens (tertiary/aromatic N) is 8. The highest BCUT2D eigenvalue weighted by Crippen LogP contribution is 2.28. The molecule has 0 aromatic heterocycles. The summed E-state index contributed by atoms with van der Waals surface area (Å²) in [4.78, 5) is 42.3. The van der Waals surface area contributed by atoms with Crippen molar-refractivity contribution in [3.05, 3.63) is 45.7 Å². The van der Waals surface area contributed by atoms with Gasteiger partial charge in [0.25, 0.3) is 5.91 Å². The lowest BCUT2D eigenvalue weighted by molar-refractivity contribution is -0.132. The lowest BCUT2D eigenvalue weighted by Gasteiger charge is -2.39. The van der Waals surface area contributed by atoms with Gasteiger partial charge >= 0.3 is 0 Å². The van der Waals surface area contributed by atoms with E-state index >= 15 is 0 Å². The Balaban J connectivity index is 1.32. The van der Waals surface area contributed by atoms with Gasteiger partial charge in [-0.15, -0.1) is 15.1 Å². The molecule has 0 saturated carbocycles. The van der Waals surface area contributed by atoms with Gasteiger partial charge in [0.2, 0.25) is 5.91 Å². The molecule has 0 bridgehead atoms. The van der Waals surface area contributed by atoms with Crippen LogP contribution in [0.3, 0.4) is 0 Å². The van der Waals surface area contributed by atoms with Crippen molar-refractivity contribution in [3.8, 4) is 0 Å². The molecule has 18 heteroatoms. The second-order valence-corrected chi connectivity index (χ2v) is 9.60. The number of hydrogen-bond donors (Lipinski definition) is 6. The van der Waals surface area contributed by atoms with Crippen molar-refractivity contribution in [1.82, 2.24) is 25.9 Å². The zero-order valence-electron chi connectivity index (χ0n) is 20.8. The fourth-order valence-corrected chi connectivity index (χ4v) is 4.91. The predicted molar refractivity (Wildman–Crippen MR) is 140 cm³/mol. The van der Waals surface area contributed by atoms with Crippen LogP contribution in [-0.4, -0.2) is 65.1 Å². The van der Waals surface area contributed by atoms with Crippen molar-refractivity contribution in [3.63, 3.8) is 0 Å². The highest BCUT2D eigenvalue weighted by molar-refractivity contribution is 6.43. The number of halogens is 1. The minimum absolute atomic E-state index is 0.000855. The largest absolute Gasteiger partial charge is 0.343 e. The van der Waals surface area contributed by atoms with Crippen LogP contribution in [0.5, 0.6) is 0 Å². The zero-order chi connectivity index (χ0) is 28.0. The average molecular weight is 561 g/mol. The second kappa shape index (κ2) is 12.2. The number of aryl methyl sites for hydroxylation is 1. The SMILES string of the molecule is NN=NC1=C(Cl)N=C(C(=O)NC2NC3(CCN(C(=O)CCc4ccc(N=O)cc4)CC3)CN2N)C(N=NN)N1. The van der Waals surface area contributed by atoms with E-state index in [4.69, 9.17) is 29.1 Å². The fraction of sp³-hybridized carbons (Fsp3) is 0.476. The van der Waals surface area contributed by atoms with E-state index < -0.39 is 23.9 Å². The quantitative estimate of drug-likeness (QED) is 0.0818. The number of nitrogens with two attached hydrogens (primary N) is 3. The van der Waals surface area contributed by atoms with Gasteiger partial charge in [0.1, 0.15) is 12.0 Å². The van der Waals surface area contributed by atoms with Gasteiger partial charge in [0.15, 0.2) is 22.9 Å². The number of hydrazine groups is 1. The van der Waals surface area contributed by atoms with Crippen molar-refractivity contribution in [2.75, 3.05) is 19.6 Å². The molecule has 0 radical (unpaired) electrons. The van der Waals surface area contributed by atoms with Crippen molar-refractivity contribution >= 4 is 34.8 Å². The minimum Gasteiger partial charge on any atom is -0.343 e. The van der Waals surface area contributed by atoms with E-state index in [0.717, 1.165) is 5.56 Å². The van der Waals surface area contributed by atoms with Gasteiger partial charge in [-0.3, -0.25) is 20.7 Å². The molecule has 4 rings (SSSR count). The number of amides is 2. The van der Waals surface area contributed by atoms with Crippen LogP contribution in [0.15, 0.2) is 66.1 Å². The van der Waals surface area contributed by atoms with Crippen LogP contribution in [0.2, 0.25) is 0 Å². The van der Waals surface area contributed by atoms with Crippen LogP contribution < -0.4 is 33.5 Å². The number of benzene rings is 1. The van der Waals surface area contributed by atoms with Crippen LogP contribution >= 0.6 is 11.6 Å². The lowest BCUT2D eigenvalue weighted by Crippen LogP contribution is -2.59. The Morgan fingerprint density at radius 3 is 2.54 bits per heavy atom. The van der Waals surface area contributed by atoms with Gasteiger partial charge in [0, 0.05) is 31.6 Å². The van der Waals surface area contributed by atoms with Crippen molar-refractivity contribution in [2.45, 2.75) is 43.7 Å². The molecule has 3 aliphatic rings. The second-order valence-electron chi connectivity index (χ2n) is 9.24. The predicted octanol–water partition coefficient (Wildman–Crippen LogP) is -0.0555. The average Bonchev–Trinajstić information content (AvgIpc) is 3.23. The molecule has 0 aliphatic carbocycles. The van der Waals surface area contributed by atoms with Crippen molar-refractivity contribution < 1.29 is 9.59 Å². The first-order valence-electron chi connectivity index (χ1n) is 12.0. The summed E-state index contributed by atoms with van der Waals surface area (Å²) in [6.45, 7) is 1.54. The van der Waals surface area contributed by atoms with Gasteiger partial charge in [-0.25, -0.2) is 10.0 Å². The van der Waals surface area contributed by atoms with Crippen LogP contribution in [0.25, 0.3) is 0 Å². The van der Waals surface area contributed by atoms with Crippen LogP contribution in [0.1, 0.15) is 24.8 Å². The number of rotatable bonds is 8. The maximum atomic E-state index is 13.1. The summed E-state index contributed by atoms with van der Waals surface area (Å²) in [6, 6.07) is 6.86. The number of carbonyl (C=O) groups excluding carboxylic acids is 2. The minimum atomic E-state index is -1.08. The smallest absolute Gasteiger partial charge is 0.272 e. The normalized spacial score (nSPS) is 23.3. The van der Waals surface area contributed by atoms with E-state index in [0.29, 0.717) is 51.0 Å². The number of hydrogen-bond acceptors (Lipinski definition) is 13. The molecule has 208 valence electrons. The van der Waals surface area contributed by atoms with Crippen molar-refractivity contribution in [2.24, 2.45) is 48.4 Å². The standard InChI is InChI=1S/C21H29ClN14O3/c22-16-18(31-34-24)27-17(30-33-23)15(26-16)19(38)28-20-29-21(11-36(20)25)7-9-35(10-8-21)14(37)6-3-12-1-4-13(32-39)5-2-12/h1-2,4-5,17,20,27,29H,3,6-11,25H2,(H2,23,30)(H2,24,31)(H,28,38). The summed E-state index contributed by atoms with van der Waals surface area (Å²) in [5.74, 6) is 15.9. The van der Waals surface area contributed by atoms with E-state index in [9.17, 15) is 14.5 Å². The molecular weight excluding hydrogens is 532 g/mol. The number of nitroso groups, excluding NO2 is 1. The van der Waals surface area contributed by atoms with Gasteiger partial charge in [-0.2, -0.15) is 0 Å². The Kier molecular flexibility index (Phi) is 8.75. The third kappa shape index (κ3) is 6.51. The lowest BCUT2D eigenvalue weighted by atomic mass is 9.88. The van der Waals surface area contributed by atoms with E-state index in [1.54, 1.807) is 24.3 Å². The van der Waals surface area contributed by atoms with Gasteiger partial charge < -0.3 is 27.2 Å². The molecule has 2 unspecified atom stereocenters. The van der Waals surface area contributed by atoms with E-state index in [-0.39, 0.29) is 22.6 Å². The number of carbonyl (C=O) groups is 2. The summed E-state index contributed by atoms with van der Waals surface area (Å²) in [7, 11) is 0. The molecule has 1 aromatic rings. The molecule has 2 amide bonds.